The van der Waals surface area contributed by atoms with Gasteiger partial charge in [0.25, 0.3) is 0 Å². The number of ketones is 1. The molecule has 0 amide bonds. The van der Waals surface area contributed by atoms with E-state index in [2.05, 4.69) is 0 Å². The monoisotopic (exact) mass is 216 g/mol. The number of alkyl halides is 1. The van der Waals surface area contributed by atoms with E-state index < -0.39 is 11.5 Å². The second-order valence-corrected chi connectivity index (χ2v) is 5.11. The Morgan fingerprint density at radius 3 is 2.71 bits per heavy atom. The Morgan fingerprint density at radius 2 is 2.07 bits per heavy atom. The van der Waals surface area contributed by atoms with Crippen molar-refractivity contribution >= 4 is 17.4 Å². The maximum Gasteiger partial charge on any atom is 0.143 e. The largest absolute Gasteiger partial charge is 0.392 e. The van der Waals surface area contributed by atoms with E-state index in [4.69, 9.17) is 11.6 Å². The molecule has 2 aliphatic carbocycles. The summed E-state index contributed by atoms with van der Waals surface area (Å²) in [5.41, 5.74) is -0.585. The number of hydrogen-bond acceptors (Lipinski definition) is 2. The van der Waals surface area contributed by atoms with Crippen molar-refractivity contribution in [1.29, 1.82) is 0 Å². The summed E-state index contributed by atoms with van der Waals surface area (Å²) in [6.45, 7) is 0. The van der Waals surface area contributed by atoms with E-state index >= 15 is 0 Å². The molecule has 2 fully saturated rings. The number of hydrogen-bond donors (Lipinski definition) is 1. The highest BCUT2D eigenvalue weighted by atomic mass is 35.5. The average molecular weight is 217 g/mol. The molecule has 0 heterocycles. The van der Waals surface area contributed by atoms with E-state index in [0.29, 0.717) is 6.42 Å². The molecule has 2 nitrogen and oxygen atoms in total. The van der Waals surface area contributed by atoms with Gasteiger partial charge < -0.3 is 5.11 Å². The predicted molar refractivity (Wildman–Crippen MR) is 55.4 cm³/mol. The lowest BCUT2D eigenvalue weighted by molar-refractivity contribution is -0.142. The Hall–Kier alpha value is -0.0800. The first-order valence-corrected chi connectivity index (χ1v) is 5.97. The molecule has 2 rings (SSSR count). The van der Waals surface area contributed by atoms with Gasteiger partial charge in [-0.15, -0.1) is 11.6 Å². The zero-order valence-corrected chi connectivity index (χ0v) is 9.09. The van der Waals surface area contributed by atoms with E-state index in [1.807, 2.05) is 0 Å². The highest BCUT2D eigenvalue weighted by molar-refractivity contribution is 6.23. The van der Waals surface area contributed by atoms with Crippen LogP contribution in [-0.2, 0) is 4.79 Å². The highest BCUT2D eigenvalue weighted by Crippen LogP contribution is 2.47. The summed E-state index contributed by atoms with van der Waals surface area (Å²) >= 11 is 6.26. The second-order valence-electron chi connectivity index (χ2n) is 4.58. The molecule has 0 radical (unpaired) electrons. The van der Waals surface area contributed by atoms with E-state index in [-0.39, 0.29) is 11.2 Å². The summed E-state index contributed by atoms with van der Waals surface area (Å²) < 4.78 is 0. The van der Waals surface area contributed by atoms with Gasteiger partial charge in [0.05, 0.1) is 11.5 Å². The average Bonchev–Trinajstić information content (AvgIpc) is 2.17. The third-order valence-corrected chi connectivity index (χ3v) is 4.46. The third kappa shape index (κ3) is 1.40. The molecule has 3 atom stereocenters. The quantitative estimate of drug-likeness (QED) is 0.631. The fourth-order valence-corrected chi connectivity index (χ4v) is 3.50. The lowest BCUT2D eigenvalue weighted by Gasteiger charge is -2.45. The zero-order chi connectivity index (χ0) is 10.2. The maximum absolute atomic E-state index is 11.9. The minimum atomic E-state index is -0.585. The Labute approximate surface area is 89.6 Å². The number of aliphatic hydroxyl groups excluding tert-OH is 1. The fraction of sp³-hybridized carbons (Fsp3) is 0.909. The van der Waals surface area contributed by atoms with Crippen molar-refractivity contribution in [1.82, 2.24) is 0 Å². The Bertz CT molecular complexity index is 229. The lowest BCUT2D eigenvalue weighted by Crippen LogP contribution is -2.53. The van der Waals surface area contributed by atoms with E-state index in [1.165, 1.54) is 0 Å². The summed E-state index contributed by atoms with van der Waals surface area (Å²) in [6.07, 6.45) is 5.49. The number of Topliss-reactive ketones (excluding diaryl/α,β-unsaturated/α-hetero) is 1. The summed E-state index contributed by atoms with van der Waals surface area (Å²) in [7, 11) is 0. The standard InChI is InChI=1S/C11H17ClO2/c12-8-4-3-6-10(14)11(8)7-2-1-5-9(11)13/h8,10,14H,1-7H2. The molecule has 2 aliphatic rings. The Morgan fingerprint density at radius 1 is 1.29 bits per heavy atom. The third-order valence-electron chi connectivity index (χ3n) is 3.85. The summed E-state index contributed by atoms with van der Waals surface area (Å²) in [6, 6.07) is 0. The molecule has 0 aromatic heterocycles. The summed E-state index contributed by atoms with van der Waals surface area (Å²) in [5.74, 6) is 0.205. The molecule has 14 heavy (non-hydrogen) atoms. The molecule has 0 aromatic rings. The van der Waals surface area contributed by atoms with Gasteiger partial charge in [0.1, 0.15) is 5.78 Å². The SMILES string of the molecule is O=C1CCCCC12C(O)CCCC2Cl. The van der Waals surface area contributed by atoms with Gasteiger partial charge in [0.15, 0.2) is 0 Å². The normalized spacial score (nSPS) is 44.3. The van der Waals surface area contributed by atoms with Crippen molar-refractivity contribution in [2.75, 3.05) is 0 Å². The van der Waals surface area contributed by atoms with Crippen molar-refractivity contribution < 1.29 is 9.90 Å². The van der Waals surface area contributed by atoms with Gasteiger partial charge in [-0.1, -0.05) is 6.42 Å². The van der Waals surface area contributed by atoms with E-state index in [0.717, 1.165) is 38.5 Å². The van der Waals surface area contributed by atoms with Crippen LogP contribution in [0.5, 0.6) is 0 Å². The smallest absolute Gasteiger partial charge is 0.143 e. The van der Waals surface area contributed by atoms with Crippen LogP contribution in [0.4, 0.5) is 0 Å². The van der Waals surface area contributed by atoms with Crippen molar-refractivity contribution in [2.45, 2.75) is 56.4 Å². The summed E-state index contributed by atoms with van der Waals surface area (Å²) in [4.78, 5) is 11.9. The van der Waals surface area contributed by atoms with Crippen LogP contribution in [0, 0.1) is 5.41 Å². The number of carbonyl (C=O) groups is 1. The molecule has 3 heteroatoms. The van der Waals surface area contributed by atoms with Gasteiger partial charge >= 0.3 is 0 Å². The minimum absolute atomic E-state index is 0.140. The molecule has 0 bridgehead atoms. The van der Waals surface area contributed by atoms with Crippen LogP contribution in [0.2, 0.25) is 0 Å². The predicted octanol–water partition coefficient (Wildman–Crippen LogP) is 2.27. The molecule has 80 valence electrons. The number of carbonyl (C=O) groups excluding carboxylic acids is 1. The van der Waals surface area contributed by atoms with Crippen molar-refractivity contribution in [3.05, 3.63) is 0 Å². The number of aliphatic hydroxyl groups is 1. The van der Waals surface area contributed by atoms with Crippen LogP contribution in [0.25, 0.3) is 0 Å². The van der Waals surface area contributed by atoms with Crippen LogP contribution in [0.3, 0.4) is 0 Å². The van der Waals surface area contributed by atoms with Crippen molar-refractivity contribution in [3.8, 4) is 0 Å². The molecule has 0 aromatic carbocycles. The molecule has 0 saturated heterocycles. The first kappa shape index (κ1) is 10.4. The molecule has 1 N–H and O–H groups in total. The zero-order valence-electron chi connectivity index (χ0n) is 8.34. The van der Waals surface area contributed by atoms with Crippen LogP contribution in [0.15, 0.2) is 0 Å². The number of halogens is 1. The number of rotatable bonds is 0. The maximum atomic E-state index is 11.9. The fourth-order valence-electron chi connectivity index (χ4n) is 2.97. The topological polar surface area (TPSA) is 37.3 Å². The molecule has 3 unspecified atom stereocenters. The molecular formula is C11H17ClO2. The molecular weight excluding hydrogens is 200 g/mol. The van der Waals surface area contributed by atoms with Crippen LogP contribution in [0.1, 0.15) is 44.9 Å². The highest BCUT2D eigenvalue weighted by Gasteiger charge is 2.52. The Kier molecular flexibility index (Phi) is 2.85. The van der Waals surface area contributed by atoms with Gasteiger partial charge in [0, 0.05) is 11.8 Å². The molecule has 1 spiro atoms. The van der Waals surface area contributed by atoms with Crippen LogP contribution in [-0.4, -0.2) is 22.4 Å². The van der Waals surface area contributed by atoms with E-state index in [9.17, 15) is 9.90 Å². The lowest BCUT2D eigenvalue weighted by atomic mass is 9.62. The van der Waals surface area contributed by atoms with Crippen LogP contribution < -0.4 is 0 Å². The Balaban J connectivity index is 2.27. The minimum Gasteiger partial charge on any atom is -0.392 e. The van der Waals surface area contributed by atoms with Crippen molar-refractivity contribution in [2.24, 2.45) is 5.41 Å². The van der Waals surface area contributed by atoms with Crippen LogP contribution >= 0.6 is 11.6 Å². The summed E-state index contributed by atoms with van der Waals surface area (Å²) in [5, 5.41) is 9.88. The first-order valence-electron chi connectivity index (χ1n) is 5.53. The first-order chi connectivity index (χ1) is 6.68. The van der Waals surface area contributed by atoms with Gasteiger partial charge in [-0.05, 0) is 32.1 Å². The van der Waals surface area contributed by atoms with Crippen molar-refractivity contribution in [3.63, 3.8) is 0 Å². The van der Waals surface area contributed by atoms with Gasteiger partial charge in [0.2, 0.25) is 0 Å². The molecule has 0 aliphatic heterocycles. The van der Waals surface area contributed by atoms with Gasteiger partial charge in [-0.3, -0.25) is 4.79 Å². The molecule has 2 saturated carbocycles. The van der Waals surface area contributed by atoms with Gasteiger partial charge in [-0.2, -0.15) is 0 Å². The second kappa shape index (κ2) is 3.82. The van der Waals surface area contributed by atoms with Gasteiger partial charge in [-0.25, -0.2) is 0 Å². The van der Waals surface area contributed by atoms with E-state index in [1.54, 1.807) is 0 Å².